The van der Waals surface area contributed by atoms with E-state index in [9.17, 15) is 15.2 Å². The first-order valence-electron chi connectivity index (χ1n) is 6.16. The molecule has 2 N–H and O–H groups in total. The highest BCUT2D eigenvalue weighted by atomic mass is 32.2. The van der Waals surface area contributed by atoms with Crippen molar-refractivity contribution >= 4 is 23.4 Å². The number of nitriles is 1. The van der Waals surface area contributed by atoms with Gasteiger partial charge < -0.3 is 10.4 Å². The Labute approximate surface area is 117 Å². The van der Waals surface area contributed by atoms with Crippen molar-refractivity contribution in [1.82, 2.24) is 0 Å². The van der Waals surface area contributed by atoms with Crippen LogP contribution in [0.3, 0.4) is 0 Å². The van der Waals surface area contributed by atoms with Crippen molar-refractivity contribution in [1.29, 1.82) is 5.26 Å². The Morgan fingerprint density at radius 3 is 2.68 bits per heavy atom. The normalized spacial score (nSPS) is 11.9. The number of nitrogens with one attached hydrogen (secondary N) is 1. The summed E-state index contributed by atoms with van der Waals surface area (Å²) in [5, 5.41) is 21.4. The summed E-state index contributed by atoms with van der Waals surface area (Å²) in [5.41, 5.74) is 1.10. The fraction of sp³-hybridized carbons (Fsp3) is 0.429. The van der Waals surface area contributed by atoms with Gasteiger partial charge in [-0.1, -0.05) is 26.8 Å². The highest BCUT2D eigenvalue weighted by molar-refractivity contribution is 7.99. The zero-order valence-corrected chi connectivity index (χ0v) is 12.1. The fourth-order valence-electron chi connectivity index (χ4n) is 1.72. The van der Waals surface area contributed by atoms with Crippen LogP contribution in [0.4, 0.5) is 5.69 Å². The van der Waals surface area contributed by atoms with Gasteiger partial charge in [0.15, 0.2) is 0 Å². The Morgan fingerprint density at radius 1 is 1.53 bits per heavy atom. The third-order valence-electron chi connectivity index (χ3n) is 2.68. The minimum absolute atomic E-state index is 0.0634. The number of carboxylic acids is 1. The number of carbonyl (C=O) groups is 1. The SMILES string of the molecule is CCSc1cccc(NC(C(=O)O)C(C)C)c1C#N. The highest BCUT2D eigenvalue weighted by Crippen LogP contribution is 2.28. The molecule has 5 heteroatoms. The quantitative estimate of drug-likeness (QED) is 0.782. The lowest BCUT2D eigenvalue weighted by molar-refractivity contribution is -0.138. The minimum atomic E-state index is -0.910. The molecule has 0 saturated carbocycles. The zero-order valence-electron chi connectivity index (χ0n) is 11.3. The molecule has 0 fully saturated rings. The largest absolute Gasteiger partial charge is 0.480 e. The van der Waals surface area contributed by atoms with Gasteiger partial charge in [0.1, 0.15) is 12.1 Å². The summed E-state index contributed by atoms with van der Waals surface area (Å²) in [7, 11) is 0. The molecular weight excluding hydrogens is 260 g/mol. The van der Waals surface area contributed by atoms with Gasteiger partial charge in [0.2, 0.25) is 0 Å². The van der Waals surface area contributed by atoms with E-state index in [1.165, 1.54) is 0 Å². The number of hydrogen-bond donors (Lipinski definition) is 2. The van der Waals surface area contributed by atoms with E-state index in [1.807, 2.05) is 32.9 Å². The van der Waals surface area contributed by atoms with E-state index < -0.39 is 12.0 Å². The van der Waals surface area contributed by atoms with Crippen molar-refractivity contribution in [2.45, 2.75) is 31.7 Å². The number of rotatable bonds is 6. The first kappa shape index (κ1) is 15.4. The third-order valence-corrected chi connectivity index (χ3v) is 3.62. The van der Waals surface area contributed by atoms with Gasteiger partial charge in [-0.3, -0.25) is 0 Å². The van der Waals surface area contributed by atoms with Gasteiger partial charge in [-0.2, -0.15) is 5.26 Å². The summed E-state index contributed by atoms with van der Waals surface area (Å²) >= 11 is 1.57. The lowest BCUT2D eigenvalue weighted by Crippen LogP contribution is -2.34. The summed E-state index contributed by atoms with van der Waals surface area (Å²) in [6.45, 7) is 5.69. The molecule has 0 heterocycles. The summed E-state index contributed by atoms with van der Waals surface area (Å²) in [5.74, 6) is -0.107. The van der Waals surface area contributed by atoms with Gasteiger partial charge in [0, 0.05) is 4.90 Å². The Morgan fingerprint density at radius 2 is 2.21 bits per heavy atom. The second-order valence-electron chi connectivity index (χ2n) is 4.43. The van der Waals surface area contributed by atoms with Crippen LogP contribution in [0.25, 0.3) is 0 Å². The first-order chi connectivity index (χ1) is 9.01. The van der Waals surface area contributed by atoms with Gasteiger partial charge in [-0.05, 0) is 23.8 Å². The third kappa shape index (κ3) is 3.90. The molecule has 1 atom stereocenters. The molecule has 0 aliphatic heterocycles. The van der Waals surface area contributed by atoms with Crippen LogP contribution < -0.4 is 5.32 Å². The van der Waals surface area contributed by atoms with Gasteiger partial charge in [-0.25, -0.2) is 4.79 Å². The molecule has 0 saturated heterocycles. The van der Waals surface area contributed by atoms with Crippen molar-refractivity contribution in [2.75, 3.05) is 11.1 Å². The summed E-state index contributed by atoms with van der Waals surface area (Å²) < 4.78 is 0. The lowest BCUT2D eigenvalue weighted by Gasteiger charge is -2.20. The Balaban J connectivity index is 3.10. The fourth-order valence-corrected chi connectivity index (χ4v) is 2.51. The molecule has 102 valence electrons. The lowest BCUT2D eigenvalue weighted by atomic mass is 10.0. The van der Waals surface area contributed by atoms with Gasteiger partial charge in [-0.15, -0.1) is 11.8 Å². The molecule has 1 aromatic rings. The number of hydrogen-bond acceptors (Lipinski definition) is 4. The molecule has 1 unspecified atom stereocenters. The van der Waals surface area contributed by atoms with Crippen LogP contribution in [0.15, 0.2) is 23.1 Å². The van der Waals surface area contributed by atoms with Crippen molar-refractivity contribution < 1.29 is 9.90 Å². The standard InChI is InChI=1S/C14H18N2O2S/c1-4-19-12-7-5-6-11(10(12)8-15)16-13(9(2)3)14(17)18/h5-7,9,13,16H,4H2,1-3H3,(H,17,18). The minimum Gasteiger partial charge on any atom is -0.480 e. The number of anilines is 1. The van der Waals surface area contributed by atoms with E-state index in [4.69, 9.17) is 0 Å². The van der Waals surface area contributed by atoms with Crippen LogP contribution in [0.1, 0.15) is 26.3 Å². The van der Waals surface area contributed by atoms with Crippen molar-refractivity contribution in [3.8, 4) is 6.07 Å². The van der Waals surface area contributed by atoms with Crippen LogP contribution in [-0.2, 0) is 4.79 Å². The predicted molar refractivity (Wildman–Crippen MR) is 77.4 cm³/mol. The molecular formula is C14H18N2O2S. The first-order valence-corrected chi connectivity index (χ1v) is 7.15. The molecule has 4 nitrogen and oxygen atoms in total. The topological polar surface area (TPSA) is 73.1 Å². The molecule has 0 bridgehead atoms. The summed E-state index contributed by atoms with van der Waals surface area (Å²) in [4.78, 5) is 12.1. The molecule has 0 spiro atoms. The molecule has 1 aromatic carbocycles. The number of carboxylic acid groups (broad SMARTS) is 1. The smallest absolute Gasteiger partial charge is 0.326 e. The van der Waals surface area contributed by atoms with Crippen molar-refractivity contribution in [3.63, 3.8) is 0 Å². The number of aliphatic carboxylic acids is 1. The van der Waals surface area contributed by atoms with Crippen molar-refractivity contribution in [3.05, 3.63) is 23.8 Å². The average molecular weight is 278 g/mol. The Kier molecular flexibility index (Phi) is 5.71. The zero-order chi connectivity index (χ0) is 14.4. The maximum Gasteiger partial charge on any atom is 0.326 e. The van der Waals surface area contributed by atoms with Crippen LogP contribution in [0.5, 0.6) is 0 Å². The van der Waals surface area contributed by atoms with Gasteiger partial charge in [0.25, 0.3) is 0 Å². The highest BCUT2D eigenvalue weighted by Gasteiger charge is 2.22. The predicted octanol–water partition coefficient (Wildman–Crippen LogP) is 3.19. The second kappa shape index (κ2) is 7.05. The van der Waals surface area contributed by atoms with Crippen molar-refractivity contribution in [2.24, 2.45) is 5.92 Å². The average Bonchev–Trinajstić information content (AvgIpc) is 2.35. The van der Waals surface area contributed by atoms with E-state index in [2.05, 4.69) is 11.4 Å². The van der Waals surface area contributed by atoms with Crippen LogP contribution in [0, 0.1) is 17.2 Å². The Bertz CT molecular complexity index is 495. The Hall–Kier alpha value is -1.67. The second-order valence-corrected chi connectivity index (χ2v) is 5.73. The van der Waals surface area contributed by atoms with Crippen LogP contribution >= 0.6 is 11.8 Å². The number of nitrogens with zero attached hydrogens (tertiary/aromatic N) is 1. The summed E-state index contributed by atoms with van der Waals surface area (Å²) in [6, 6.07) is 6.91. The molecule has 0 aliphatic carbocycles. The molecule has 0 radical (unpaired) electrons. The molecule has 0 amide bonds. The van der Waals surface area contributed by atoms with E-state index in [0.29, 0.717) is 11.3 Å². The monoisotopic (exact) mass is 278 g/mol. The molecule has 0 aromatic heterocycles. The van der Waals surface area contributed by atoms with Crippen LogP contribution in [-0.4, -0.2) is 22.9 Å². The molecule has 0 aliphatic rings. The maximum absolute atomic E-state index is 11.2. The van der Waals surface area contributed by atoms with Gasteiger partial charge in [0.05, 0.1) is 11.3 Å². The van der Waals surface area contributed by atoms with Crippen LogP contribution in [0.2, 0.25) is 0 Å². The summed E-state index contributed by atoms with van der Waals surface area (Å²) in [6.07, 6.45) is 0. The van der Waals surface area contributed by atoms with E-state index in [1.54, 1.807) is 17.8 Å². The van der Waals surface area contributed by atoms with E-state index in [0.717, 1.165) is 10.6 Å². The number of benzene rings is 1. The molecule has 1 rings (SSSR count). The molecule has 19 heavy (non-hydrogen) atoms. The van der Waals surface area contributed by atoms with E-state index >= 15 is 0 Å². The number of thioether (sulfide) groups is 1. The van der Waals surface area contributed by atoms with E-state index in [-0.39, 0.29) is 5.92 Å². The van der Waals surface area contributed by atoms with Gasteiger partial charge >= 0.3 is 5.97 Å². The maximum atomic E-state index is 11.2.